The molecule has 0 amide bonds. The van der Waals surface area contributed by atoms with E-state index in [1.807, 2.05) is 6.20 Å². The zero-order chi connectivity index (χ0) is 72.1. The van der Waals surface area contributed by atoms with Crippen LogP contribution in [-0.2, 0) is 20.4 Å². The van der Waals surface area contributed by atoms with Crippen molar-refractivity contribution in [3.05, 3.63) is 376 Å². The first kappa shape index (κ1) is 81.7. The third kappa shape index (κ3) is 25.1. The molecule has 0 bridgehead atoms. The SMILES string of the molecule is CCC[CH2][Sn]([CH2]CCC)([CH2]CCC)[c]1cncc(N2CCN(C(C)C)CC2)n1.[Pd].c1ccc(P(c2ccccc2)c2ccccc2)cc1.c1ccc(P(c2ccccc2)c2ccccc2)cc1.c1ccc(P(c2ccccc2)c2ccccc2)cc1.c1ccc(P(c2ccccc2)c2ccccc2)cc1. The Kier molecular flexibility index (Phi) is 35.8. The van der Waals surface area contributed by atoms with E-state index in [2.05, 4.69) is 415 Å². The Morgan fingerprint density at radius 2 is 0.476 bits per heavy atom. The topological polar surface area (TPSA) is 32.3 Å². The fourth-order valence-corrected chi connectivity index (χ4v) is 37.6. The monoisotopic (exact) mass is 1650 g/mol. The minimum absolute atomic E-state index is 0. The van der Waals surface area contributed by atoms with E-state index in [1.165, 1.54) is 119 Å². The summed E-state index contributed by atoms with van der Waals surface area (Å²) >= 11 is -2.49. The number of hydrogen-bond donors (Lipinski definition) is 0. The minimum Gasteiger partial charge on any atom is -0.0622 e. The first-order valence-corrected chi connectivity index (χ1v) is 50.3. The van der Waals surface area contributed by atoms with Gasteiger partial charge in [0.15, 0.2) is 0 Å². The van der Waals surface area contributed by atoms with Crippen molar-refractivity contribution < 1.29 is 20.4 Å². The van der Waals surface area contributed by atoms with E-state index in [1.54, 1.807) is 0 Å². The van der Waals surface area contributed by atoms with Crippen molar-refractivity contribution in [3.63, 3.8) is 0 Å². The maximum absolute atomic E-state index is 5.34. The van der Waals surface area contributed by atoms with Crippen molar-refractivity contribution in [3.8, 4) is 0 Å². The van der Waals surface area contributed by atoms with Crippen molar-refractivity contribution in [2.24, 2.45) is 0 Å². The average Bonchev–Trinajstić information content (AvgIpc) is 0.672. The third-order valence-electron chi connectivity index (χ3n) is 18.7. The van der Waals surface area contributed by atoms with Gasteiger partial charge in [-0.1, -0.05) is 364 Å². The summed E-state index contributed by atoms with van der Waals surface area (Å²) in [5.41, 5.74) is 0. The van der Waals surface area contributed by atoms with Crippen molar-refractivity contribution in [2.45, 2.75) is 92.5 Å². The standard InChI is InChI=1S/4C18H15P.C11H17N4.3C4H9.Pd.Sn/c4*1-4-10-16(11-5-1)19(17-12-6-2-7-13-17)18-14-8-3-9-15-18;1-10(2)14-5-7-15(8-6-14)11-9-12-3-4-13-11;3*1-3-4-2;;/h4*1-15H;3,9-10H,5-8H2,1-2H3;3*1,3-4H2,2H3;;. The van der Waals surface area contributed by atoms with Crippen LogP contribution in [0.4, 0.5) is 5.82 Å². The Morgan fingerprint density at radius 1 is 0.286 bits per heavy atom. The van der Waals surface area contributed by atoms with Gasteiger partial charge in [-0.25, -0.2) is 0 Å². The predicted molar refractivity (Wildman–Crippen MR) is 466 cm³/mol. The number of anilines is 1. The molecule has 1 aliphatic heterocycles. The van der Waals surface area contributed by atoms with Crippen LogP contribution in [0.15, 0.2) is 376 Å². The summed E-state index contributed by atoms with van der Waals surface area (Å²) in [6.45, 7) is 16.1. The summed E-state index contributed by atoms with van der Waals surface area (Å²) in [4.78, 5) is 15.1. The molecule has 0 radical (unpaired) electrons. The zero-order valence-electron chi connectivity index (χ0n) is 62.0. The second kappa shape index (κ2) is 46.0. The summed E-state index contributed by atoms with van der Waals surface area (Å²) in [6, 6.07) is 130. The van der Waals surface area contributed by atoms with Crippen molar-refractivity contribution in [1.29, 1.82) is 0 Å². The van der Waals surface area contributed by atoms with Crippen LogP contribution in [0.25, 0.3) is 0 Å². The number of piperazine rings is 1. The quantitative estimate of drug-likeness (QED) is 0.0446. The maximum Gasteiger partial charge on any atom is 0 e. The largest absolute Gasteiger partial charge is 0.0622 e. The van der Waals surface area contributed by atoms with E-state index in [-0.39, 0.29) is 20.4 Å². The fraction of sp³-hybridized carbons (Fsp3) is 0.200. The summed E-state index contributed by atoms with van der Waals surface area (Å²) in [6.07, 6.45) is 12.2. The van der Waals surface area contributed by atoms with Gasteiger partial charge in [0.25, 0.3) is 0 Å². The summed E-state index contributed by atoms with van der Waals surface area (Å²) < 4.78 is 5.85. The van der Waals surface area contributed by atoms with E-state index in [0.29, 0.717) is 6.04 Å². The van der Waals surface area contributed by atoms with Crippen LogP contribution >= 0.6 is 31.7 Å². The molecule has 1 aromatic heterocycles. The predicted octanol–water partition coefficient (Wildman–Crippen LogP) is 18.8. The molecule has 12 aromatic carbocycles. The molecule has 105 heavy (non-hydrogen) atoms. The Labute approximate surface area is 652 Å². The van der Waals surface area contributed by atoms with Crippen LogP contribution in [0, 0.1) is 0 Å². The minimum atomic E-state index is -2.49. The Hall–Kier alpha value is -7.34. The molecule has 538 valence electrons. The summed E-state index contributed by atoms with van der Waals surface area (Å²) in [5.74, 6) is 1.14. The molecular formula is C95H104N4P4PdSn. The zero-order valence-corrected chi connectivity index (χ0v) is 69.9. The van der Waals surface area contributed by atoms with Gasteiger partial charge >= 0.3 is 179 Å². The number of unbranched alkanes of at least 4 members (excludes halogenated alkanes) is 3. The molecular weight excluding hydrogens is 1550 g/mol. The number of benzene rings is 12. The first-order chi connectivity index (χ1) is 51.4. The molecule has 0 saturated carbocycles. The molecule has 13 aromatic rings. The Morgan fingerprint density at radius 3 is 0.648 bits per heavy atom. The Bertz CT molecular complexity index is 3500. The van der Waals surface area contributed by atoms with Gasteiger partial charge in [0.1, 0.15) is 0 Å². The van der Waals surface area contributed by atoms with Gasteiger partial charge < -0.3 is 0 Å². The average molecular weight is 1650 g/mol. The second-order valence-electron chi connectivity index (χ2n) is 26.3. The molecule has 0 atom stereocenters. The molecule has 1 fully saturated rings. The second-order valence-corrected chi connectivity index (χ2v) is 48.3. The Balaban J connectivity index is 0.000000153. The van der Waals surface area contributed by atoms with Gasteiger partial charge in [-0.05, 0) is 95.3 Å². The first-order valence-electron chi connectivity index (χ1n) is 37.5. The van der Waals surface area contributed by atoms with Crippen LogP contribution in [0.1, 0.15) is 73.1 Å². The normalized spacial score (nSPS) is 12.0. The van der Waals surface area contributed by atoms with E-state index in [4.69, 9.17) is 9.97 Å². The van der Waals surface area contributed by atoms with E-state index >= 15 is 0 Å². The molecule has 4 nitrogen and oxygen atoms in total. The molecule has 1 saturated heterocycles. The van der Waals surface area contributed by atoms with Crippen LogP contribution in [0.2, 0.25) is 13.3 Å². The van der Waals surface area contributed by atoms with Crippen molar-refractivity contribution in [2.75, 3.05) is 31.1 Å². The van der Waals surface area contributed by atoms with Gasteiger partial charge in [0, 0.05) is 20.4 Å². The maximum atomic E-state index is 5.34. The van der Waals surface area contributed by atoms with E-state index in [9.17, 15) is 0 Å². The smallest absolute Gasteiger partial charge is 0 e. The van der Waals surface area contributed by atoms with Gasteiger partial charge in [-0.15, -0.1) is 0 Å². The van der Waals surface area contributed by atoms with E-state index in [0.717, 1.165) is 32.0 Å². The number of aromatic nitrogens is 2. The molecule has 14 rings (SSSR count). The van der Waals surface area contributed by atoms with Gasteiger partial charge in [-0.2, -0.15) is 0 Å². The van der Waals surface area contributed by atoms with Gasteiger partial charge in [-0.3, -0.25) is 0 Å². The molecule has 0 N–H and O–H groups in total. The van der Waals surface area contributed by atoms with Crippen LogP contribution in [0.5, 0.6) is 0 Å². The van der Waals surface area contributed by atoms with Crippen molar-refractivity contribution in [1.82, 2.24) is 14.9 Å². The number of rotatable bonds is 24. The van der Waals surface area contributed by atoms with Crippen LogP contribution < -0.4 is 72.3 Å². The van der Waals surface area contributed by atoms with Gasteiger partial charge in [0.05, 0.1) is 0 Å². The molecule has 0 unspecified atom stereocenters. The van der Waals surface area contributed by atoms with Gasteiger partial charge in [0.2, 0.25) is 0 Å². The molecule has 0 spiro atoms. The number of nitrogens with zero attached hydrogens (tertiary/aromatic N) is 4. The van der Waals surface area contributed by atoms with Crippen LogP contribution in [0.3, 0.4) is 0 Å². The van der Waals surface area contributed by atoms with E-state index < -0.39 is 50.1 Å². The molecule has 2 heterocycles. The molecule has 1 aliphatic rings. The third-order valence-corrected chi connectivity index (χ3v) is 43.5. The molecule has 0 aliphatic carbocycles. The summed E-state index contributed by atoms with van der Waals surface area (Å²) in [5, 5.41) is 16.8. The van der Waals surface area contributed by atoms with Crippen molar-refractivity contribution >= 4 is 123 Å². The fourth-order valence-electron chi connectivity index (χ4n) is 13.2. The summed E-state index contributed by atoms with van der Waals surface area (Å²) in [7, 11) is -1.78. The van der Waals surface area contributed by atoms with Crippen LogP contribution in [-0.4, -0.2) is 65.5 Å². The number of hydrogen-bond acceptors (Lipinski definition) is 4. The molecule has 10 heteroatoms.